The number of hydrogen-bond acceptors (Lipinski definition) is 3. The highest BCUT2D eigenvalue weighted by Crippen LogP contribution is 2.39. The second kappa shape index (κ2) is 5.07. The molecule has 2 nitrogen and oxygen atoms in total. The van der Waals surface area contributed by atoms with Gasteiger partial charge in [-0.25, -0.2) is 4.98 Å². The zero-order valence-corrected chi connectivity index (χ0v) is 12.1. The van der Waals surface area contributed by atoms with Crippen molar-refractivity contribution >= 4 is 11.3 Å². The molecule has 0 spiro atoms. The van der Waals surface area contributed by atoms with E-state index in [4.69, 9.17) is 10.7 Å². The standard InChI is InChI=1S/C14H24N2S/c1-14(2,3)10-6-7-11-12(9-10)17-13(16-11)5-4-8-15/h10H,4-9,15H2,1-3H3. The van der Waals surface area contributed by atoms with Crippen molar-refractivity contribution in [1.29, 1.82) is 0 Å². The Labute approximate surface area is 109 Å². The minimum absolute atomic E-state index is 0.430. The summed E-state index contributed by atoms with van der Waals surface area (Å²) in [5.74, 6) is 0.817. The molecule has 1 heterocycles. The summed E-state index contributed by atoms with van der Waals surface area (Å²) in [6.45, 7) is 7.85. The zero-order valence-electron chi connectivity index (χ0n) is 11.3. The first-order valence-corrected chi connectivity index (χ1v) is 7.50. The second-order valence-electron chi connectivity index (χ2n) is 6.18. The molecule has 0 saturated heterocycles. The third kappa shape index (κ3) is 3.08. The molecule has 0 aromatic carbocycles. The summed E-state index contributed by atoms with van der Waals surface area (Å²) >= 11 is 1.93. The molecule has 0 aliphatic heterocycles. The van der Waals surface area contributed by atoms with Crippen molar-refractivity contribution in [1.82, 2.24) is 4.98 Å². The van der Waals surface area contributed by atoms with Crippen LogP contribution in [0.4, 0.5) is 0 Å². The SMILES string of the molecule is CC(C)(C)C1CCc2nc(CCCN)sc2C1. The van der Waals surface area contributed by atoms with Gasteiger partial charge in [0.05, 0.1) is 10.7 Å². The Hall–Kier alpha value is -0.410. The van der Waals surface area contributed by atoms with Gasteiger partial charge in [-0.3, -0.25) is 0 Å². The van der Waals surface area contributed by atoms with Crippen molar-refractivity contribution in [3.8, 4) is 0 Å². The van der Waals surface area contributed by atoms with E-state index in [1.807, 2.05) is 11.3 Å². The van der Waals surface area contributed by atoms with Gasteiger partial charge in [0.25, 0.3) is 0 Å². The van der Waals surface area contributed by atoms with Crippen molar-refractivity contribution in [2.75, 3.05) is 6.54 Å². The Morgan fingerprint density at radius 1 is 1.41 bits per heavy atom. The molecule has 1 unspecified atom stereocenters. The molecule has 0 radical (unpaired) electrons. The first-order chi connectivity index (χ1) is 8.00. The van der Waals surface area contributed by atoms with Gasteiger partial charge in [-0.05, 0) is 43.6 Å². The third-order valence-corrected chi connectivity index (χ3v) is 4.98. The third-order valence-electron chi connectivity index (χ3n) is 3.80. The quantitative estimate of drug-likeness (QED) is 0.897. The van der Waals surface area contributed by atoms with Crippen LogP contribution in [0.2, 0.25) is 0 Å². The van der Waals surface area contributed by atoms with Gasteiger partial charge in [0.15, 0.2) is 0 Å². The minimum Gasteiger partial charge on any atom is -0.330 e. The highest BCUT2D eigenvalue weighted by Gasteiger charge is 2.30. The maximum atomic E-state index is 5.55. The first-order valence-electron chi connectivity index (χ1n) is 6.68. The second-order valence-corrected chi connectivity index (χ2v) is 7.34. The predicted molar refractivity (Wildman–Crippen MR) is 74.5 cm³/mol. The Kier molecular flexibility index (Phi) is 3.88. The fourth-order valence-electron chi connectivity index (χ4n) is 2.53. The van der Waals surface area contributed by atoms with Crippen LogP contribution >= 0.6 is 11.3 Å². The van der Waals surface area contributed by atoms with Gasteiger partial charge in [-0.1, -0.05) is 20.8 Å². The van der Waals surface area contributed by atoms with E-state index in [0.717, 1.165) is 25.3 Å². The van der Waals surface area contributed by atoms with Crippen LogP contribution in [0.1, 0.15) is 49.2 Å². The molecular weight excluding hydrogens is 228 g/mol. The van der Waals surface area contributed by atoms with E-state index in [2.05, 4.69) is 20.8 Å². The van der Waals surface area contributed by atoms with Gasteiger partial charge in [0, 0.05) is 11.3 Å². The van der Waals surface area contributed by atoms with E-state index in [1.165, 1.54) is 30.0 Å². The fraction of sp³-hybridized carbons (Fsp3) is 0.786. The van der Waals surface area contributed by atoms with Gasteiger partial charge >= 0.3 is 0 Å². The molecule has 1 aliphatic rings. The normalized spacial score (nSPS) is 20.4. The average Bonchev–Trinajstić information content (AvgIpc) is 2.66. The molecule has 0 bridgehead atoms. The number of aromatic nitrogens is 1. The minimum atomic E-state index is 0.430. The van der Waals surface area contributed by atoms with Gasteiger partial charge in [0.2, 0.25) is 0 Å². The lowest BCUT2D eigenvalue weighted by molar-refractivity contribution is 0.217. The summed E-state index contributed by atoms with van der Waals surface area (Å²) in [5.41, 5.74) is 7.36. The Bertz CT molecular complexity index is 376. The molecule has 0 saturated carbocycles. The summed E-state index contributed by atoms with van der Waals surface area (Å²) in [6.07, 6.45) is 5.84. The number of nitrogens with two attached hydrogens (primary N) is 1. The maximum Gasteiger partial charge on any atom is 0.0931 e. The van der Waals surface area contributed by atoms with Gasteiger partial charge in [-0.2, -0.15) is 0 Å². The molecule has 0 fully saturated rings. The van der Waals surface area contributed by atoms with Crippen LogP contribution in [0.3, 0.4) is 0 Å². The van der Waals surface area contributed by atoms with E-state index in [1.54, 1.807) is 4.88 Å². The van der Waals surface area contributed by atoms with E-state index >= 15 is 0 Å². The Morgan fingerprint density at radius 3 is 2.82 bits per heavy atom. The number of aryl methyl sites for hydroxylation is 2. The molecule has 1 aromatic heterocycles. The molecule has 2 rings (SSSR count). The van der Waals surface area contributed by atoms with Crippen LogP contribution in [-0.2, 0) is 19.3 Å². The van der Waals surface area contributed by atoms with E-state index in [-0.39, 0.29) is 0 Å². The van der Waals surface area contributed by atoms with Crippen LogP contribution in [-0.4, -0.2) is 11.5 Å². The molecule has 0 amide bonds. The number of fused-ring (bicyclic) bond motifs is 1. The first kappa shape index (κ1) is 13.0. The lowest BCUT2D eigenvalue weighted by Crippen LogP contribution is -2.26. The number of thiazole rings is 1. The van der Waals surface area contributed by atoms with Crippen molar-refractivity contribution in [2.45, 2.75) is 52.9 Å². The van der Waals surface area contributed by atoms with E-state index < -0.39 is 0 Å². The summed E-state index contributed by atoms with van der Waals surface area (Å²) < 4.78 is 0. The summed E-state index contributed by atoms with van der Waals surface area (Å²) in [6, 6.07) is 0. The lowest BCUT2D eigenvalue weighted by Gasteiger charge is -2.33. The summed E-state index contributed by atoms with van der Waals surface area (Å²) in [4.78, 5) is 6.31. The van der Waals surface area contributed by atoms with E-state index in [9.17, 15) is 0 Å². The number of hydrogen-bond donors (Lipinski definition) is 1. The lowest BCUT2D eigenvalue weighted by atomic mass is 9.73. The van der Waals surface area contributed by atoms with Crippen molar-refractivity contribution in [3.63, 3.8) is 0 Å². The largest absolute Gasteiger partial charge is 0.330 e. The topological polar surface area (TPSA) is 38.9 Å². The average molecular weight is 252 g/mol. The summed E-state index contributed by atoms with van der Waals surface area (Å²) in [5, 5.41) is 1.30. The monoisotopic (exact) mass is 252 g/mol. The predicted octanol–water partition coefficient (Wildman–Crippen LogP) is 3.19. The van der Waals surface area contributed by atoms with Crippen LogP contribution in [0.15, 0.2) is 0 Å². The molecule has 96 valence electrons. The molecule has 17 heavy (non-hydrogen) atoms. The van der Waals surface area contributed by atoms with Gasteiger partial charge in [0.1, 0.15) is 0 Å². The van der Waals surface area contributed by atoms with Crippen molar-refractivity contribution < 1.29 is 0 Å². The van der Waals surface area contributed by atoms with Crippen LogP contribution < -0.4 is 5.73 Å². The van der Waals surface area contributed by atoms with Gasteiger partial charge in [-0.15, -0.1) is 11.3 Å². The smallest absolute Gasteiger partial charge is 0.0931 e. The zero-order chi connectivity index (χ0) is 12.5. The molecule has 1 aliphatic carbocycles. The molecule has 3 heteroatoms. The van der Waals surface area contributed by atoms with Crippen LogP contribution in [0, 0.1) is 11.3 Å². The number of rotatable bonds is 3. The number of nitrogens with zero attached hydrogens (tertiary/aromatic N) is 1. The highest BCUT2D eigenvalue weighted by molar-refractivity contribution is 7.11. The molecule has 2 N–H and O–H groups in total. The van der Waals surface area contributed by atoms with Crippen LogP contribution in [0.25, 0.3) is 0 Å². The summed E-state index contributed by atoms with van der Waals surface area (Å²) in [7, 11) is 0. The molecule has 1 aromatic rings. The van der Waals surface area contributed by atoms with Crippen molar-refractivity contribution in [3.05, 3.63) is 15.6 Å². The van der Waals surface area contributed by atoms with Crippen LogP contribution in [0.5, 0.6) is 0 Å². The van der Waals surface area contributed by atoms with Gasteiger partial charge < -0.3 is 5.73 Å². The fourth-order valence-corrected chi connectivity index (χ4v) is 3.76. The Balaban J connectivity index is 2.07. The maximum absolute atomic E-state index is 5.55. The van der Waals surface area contributed by atoms with Crippen molar-refractivity contribution in [2.24, 2.45) is 17.1 Å². The Morgan fingerprint density at radius 2 is 2.18 bits per heavy atom. The van der Waals surface area contributed by atoms with E-state index in [0.29, 0.717) is 5.41 Å². The molecule has 1 atom stereocenters. The molecular formula is C14H24N2S. The highest BCUT2D eigenvalue weighted by atomic mass is 32.1.